The van der Waals surface area contributed by atoms with Crippen molar-refractivity contribution in [1.29, 1.82) is 0 Å². The first-order chi connectivity index (χ1) is 22.8. The van der Waals surface area contributed by atoms with E-state index in [1.54, 1.807) is 0 Å². The van der Waals surface area contributed by atoms with Crippen molar-refractivity contribution in [2.45, 2.75) is 70.9 Å². The second-order valence-electron chi connectivity index (χ2n) is 10.1. The van der Waals surface area contributed by atoms with Crippen LogP contribution in [0.1, 0.15) is 58.8 Å². The summed E-state index contributed by atoms with van der Waals surface area (Å²) < 4.78 is 4.57. The number of hydrogen-bond donors (Lipinski definition) is 9. The number of unbranched alkanes of at least 4 members (excludes halogenated alkanes) is 2. The van der Waals surface area contributed by atoms with Crippen LogP contribution >= 0.6 is 11.8 Å². The molecule has 9 N–H and O–H groups in total. The summed E-state index contributed by atoms with van der Waals surface area (Å²) in [5.41, 5.74) is 0. The van der Waals surface area contributed by atoms with Crippen molar-refractivity contribution in [2.24, 2.45) is 0 Å². The zero-order valence-electron chi connectivity index (χ0n) is 27.1. The maximum atomic E-state index is 12.2. The zero-order valence-corrected chi connectivity index (χ0v) is 28.0. The van der Waals surface area contributed by atoms with Crippen LogP contribution in [0.15, 0.2) is 0 Å². The Labute approximate surface area is 282 Å². The van der Waals surface area contributed by atoms with Gasteiger partial charge in [0.1, 0.15) is 12.1 Å². The van der Waals surface area contributed by atoms with Crippen LogP contribution in [0.5, 0.6) is 0 Å². The zero-order chi connectivity index (χ0) is 36.3. The molecule has 0 spiro atoms. The lowest BCUT2D eigenvalue weighted by Crippen LogP contribution is -2.50. The standard InChI is InChI=1S/C28H47N7O12S/c1-3-5-6-8-20(36)32-16-24(40)33-15-23(39)29-10-7-11-30-25(41)17-48-12-9-21(37)34-19(27(44)45)14-31-22(38)13-18(26(42)43)35-28(46)47-4-2/h18-19H,3-17H2,1-2H3,(H,29,39)(H,30,41)(H,31,38)(H,32,36)(H,33,40)(H,34,37)(H,35,46)(H,42,43)(H,44,45). The lowest BCUT2D eigenvalue weighted by Gasteiger charge is -2.17. The molecule has 19 nitrogen and oxygen atoms in total. The summed E-state index contributed by atoms with van der Waals surface area (Å²) in [5, 5.41) is 35.0. The Bertz CT molecular complexity index is 1110. The van der Waals surface area contributed by atoms with Crippen LogP contribution in [0.3, 0.4) is 0 Å². The molecule has 0 heterocycles. The second kappa shape index (κ2) is 26.4. The van der Waals surface area contributed by atoms with Gasteiger partial charge in [-0.1, -0.05) is 19.8 Å². The van der Waals surface area contributed by atoms with E-state index < -0.39 is 66.7 Å². The van der Waals surface area contributed by atoms with Gasteiger partial charge < -0.3 is 52.2 Å². The highest BCUT2D eigenvalue weighted by Gasteiger charge is 2.26. The first-order valence-electron chi connectivity index (χ1n) is 15.4. The first-order valence-corrected chi connectivity index (χ1v) is 16.5. The van der Waals surface area contributed by atoms with Gasteiger partial charge >= 0.3 is 18.0 Å². The number of nitrogens with one attached hydrogen (secondary N) is 7. The molecule has 20 heteroatoms. The van der Waals surface area contributed by atoms with Crippen LogP contribution in [-0.4, -0.2) is 127 Å². The van der Waals surface area contributed by atoms with Gasteiger partial charge in [0.25, 0.3) is 0 Å². The summed E-state index contributed by atoms with van der Waals surface area (Å²) in [4.78, 5) is 106. The van der Waals surface area contributed by atoms with Gasteiger partial charge in [0.15, 0.2) is 0 Å². The maximum Gasteiger partial charge on any atom is 0.407 e. The van der Waals surface area contributed by atoms with Gasteiger partial charge in [-0.2, -0.15) is 11.8 Å². The number of carboxylic acids is 2. The van der Waals surface area contributed by atoms with E-state index in [1.165, 1.54) is 6.92 Å². The molecule has 0 saturated carbocycles. The highest BCUT2D eigenvalue weighted by atomic mass is 32.2. The Hall–Kier alpha value is -4.62. The summed E-state index contributed by atoms with van der Waals surface area (Å²) in [6, 6.07) is -3.13. The molecule has 0 radical (unpaired) electrons. The number of carbonyl (C=O) groups is 9. The molecule has 0 saturated heterocycles. The van der Waals surface area contributed by atoms with Crippen LogP contribution in [-0.2, 0) is 43.1 Å². The van der Waals surface area contributed by atoms with Gasteiger partial charge in [-0.25, -0.2) is 14.4 Å². The molecule has 0 aromatic heterocycles. The summed E-state index contributed by atoms with van der Waals surface area (Å²) >= 11 is 1.12. The minimum Gasteiger partial charge on any atom is -0.480 e. The molecule has 2 atom stereocenters. The number of rotatable bonds is 26. The fraction of sp³-hybridized carbons (Fsp3) is 0.679. The molecule has 0 aromatic carbocycles. The quantitative estimate of drug-likeness (QED) is 0.0433. The van der Waals surface area contributed by atoms with E-state index in [0.29, 0.717) is 12.8 Å². The minimum atomic E-state index is -1.62. The van der Waals surface area contributed by atoms with E-state index >= 15 is 0 Å². The molecule has 0 aliphatic carbocycles. The predicted octanol–water partition coefficient (Wildman–Crippen LogP) is -2.18. The third-order valence-corrected chi connectivity index (χ3v) is 6.96. The summed E-state index contributed by atoms with van der Waals surface area (Å²) in [5.74, 6) is -5.76. The highest BCUT2D eigenvalue weighted by molar-refractivity contribution is 7.99. The van der Waals surface area contributed by atoms with E-state index in [-0.39, 0.29) is 62.5 Å². The second-order valence-corrected chi connectivity index (χ2v) is 11.2. The van der Waals surface area contributed by atoms with Crippen molar-refractivity contribution in [1.82, 2.24) is 37.2 Å². The highest BCUT2D eigenvalue weighted by Crippen LogP contribution is 2.03. The molecule has 2 unspecified atom stereocenters. The van der Waals surface area contributed by atoms with E-state index in [0.717, 1.165) is 31.0 Å². The van der Waals surface area contributed by atoms with Crippen molar-refractivity contribution >= 4 is 65.2 Å². The topological polar surface area (TPSA) is 288 Å². The number of carboxylic acid groups (broad SMARTS) is 2. The Morgan fingerprint density at radius 3 is 1.83 bits per heavy atom. The van der Waals surface area contributed by atoms with Crippen LogP contribution in [0.25, 0.3) is 0 Å². The molecular formula is C28H47N7O12S. The van der Waals surface area contributed by atoms with Crippen molar-refractivity contribution in [2.75, 3.05) is 50.8 Å². The average molecular weight is 706 g/mol. The van der Waals surface area contributed by atoms with Gasteiger partial charge in [-0.05, 0) is 19.8 Å². The molecular weight excluding hydrogens is 658 g/mol. The van der Waals surface area contributed by atoms with Gasteiger partial charge in [-0.15, -0.1) is 0 Å². The van der Waals surface area contributed by atoms with Gasteiger partial charge in [0, 0.05) is 38.2 Å². The first kappa shape index (κ1) is 43.4. The van der Waals surface area contributed by atoms with Gasteiger partial charge in [-0.3, -0.25) is 28.8 Å². The Balaban J connectivity index is 4.12. The summed E-state index contributed by atoms with van der Waals surface area (Å²) in [7, 11) is 0. The van der Waals surface area contributed by atoms with Crippen LogP contribution in [0, 0.1) is 0 Å². The average Bonchev–Trinajstić information content (AvgIpc) is 3.02. The molecule has 0 aliphatic rings. The molecule has 272 valence electrons. The van der Waals surface area contributed by atoms with E-state index in [1.807, 2.05) is 12.2 Å². The maximum absolute atomic E-state index is 12.2. The van der Waals surface area contributed by atoms with Crippen molar-refractivity contribution in [3.63, 3.8) is 0 Å². The molecule has 0 aliphatic heterocycles. The molecule has 48 heavy (non-hydrogen) atoms. The third-order valence-electron chi connectivity index (χ3n) is 6.00. The van der Waals surface area contributed by atoms with Gasteiger partial charge in [0.05, 0.1) is 31.9 Å². The fourth-order valence-electron chi connectivity index (χ4n) is 3.49. The van der Waals surface area contributed by atoms with Gasteiger partial charge in [0.2, 0.25) is 35.4 Å². The Morgan fingerprint density at radius 2 is 1.23 bits per heavy atom. The lowest BCUT2D eigenvalue weighted by atomic mass is 10.2. The molecule has 7 amide bonds. The molecule has 0 fully saturated rings. The van der Waals surface area contributed by atoms with E-state index in [4.69, 9.17) is 5.11 Å². The number of alkyl carbamates (subject to hydrolysis) is 1. The Morgan fingerprint density at radius 1 is 0.625 bits per heavy atom. The third kappa shape index (κ3) is 23.7. The van der Waals surface area contributed by atoms with Crippen molar-refractivity contribution < 1.29 is 58.1 Å². The molecule has 0 aromatic rings. The smallest absolute Gasteiger partial charge is 0.407 e. The van der Waals surface area contributed by atoms with Crippen molar-refractivity contribution in [3.8, 4) is 0 Å². The van der Waals surface area contributed by atoms with Crippen molar-refractivity contribution in [3.05, 3.63) is 0 Å². The van der Waals surface area contributed by atoms with Crippen LogP contribution in [0.2, 0.25) is 0 Å². The SMILES string of the molecule is CCCCCC(=O)NCC(=O)NCC(=O)NCCCNC(=O)CSCCC(=O)NC(CNC(=O)CC(NC(=O)OCC)C(=O)O)C(=O)O. The minimum absolute atomic E-state index is 0.0177. The number of amides is 7. The monoisotopic (exact) mass is 705 g/mol. The summed E-state index contributed by atoms with van der Waals surface area (Å²) in [6.45, 7) is 2.98. The normalized spacial score (nSPS) is 11.5. The molecule has 0 rings (SSSR count). The van der Waals surface area contributed by atoms with Crippen LogP contribution < -0.4 is 37.2 Å². The number of aliphatic carboxylic acids is 2. The predicted molar refractivity (Wildman–Crippen MR) is 172 cm³/mol. The number of carbonyl (C=O) groups excluding carboxylic acids is 7. The number of ether oxygens (including phenoxy) is 1. The molecule has 0 bridgehead atoms. The summed E-state index contributed by atoms with van der Waals surface area (Å²) in [6.07, 6.45) is 1.54. The van der Waals surface area contributed by atoms with E-state index in [9.17, 15) is 48.3 Å². The number of thioether (sulfide) groups is 1. The van der Waals surface area contributed by atoms with Crippen LogP contribution in [0.4, 0.5) is 4.79 Å². The number of hydrogen-bond acceptors (Lipinski definition) is 11. The Kier molecular flexibility index (Phi) is 23.9. The van der Waals surface area contributed by atoms with E-state index in [2.05, 4.69) is 36.6 Å². The fourth-order valence-corrected chi connectivity index (χ4v) is 4.25. The lowest BCUT2D eigenvalue weighted by molar-refractivity contribution is -0.143. The largest absolute Gasteiger partial charge is 0.480 e.